The summed E-state index contributed by atoms with van der Waals surface area (Å²) in [5.41, 5.74) is 1.96. The topological polar surface area (TPSA) is 99.0 Å². The molecule has 8 nitrogen and oxygen atoms in total. The number of hydrogen-bond donors (Lipinski definition) is 1. The van der Waals surface area contributed by atoms with Crippen LogP contribution in [0.5, 0.6) is 5.75 Å². The molecule has 0 atom stereocenters. The van der Waals surface area contributed by atoms with Crippen molar-refractivity contribution in [2.75, 3.05) is 4.72 Å². The smallest absolute Gasteiger partial charge is 0.263 e. The molecule has 0 saturated carbocycles. The second-order valence-corrected chi connectivity index (χ2v) is 9.21. The molecule has 3 aromatic rings. The third-order valence-electron chi connectivity index (χ3n) is 4.42. The largest absolute Gasteiger partial charge is 0.487 e. The molecule has 28 heavy (non-hydrogen) atoms. The second-order valence-electron chi connectivity index (χ2n) is 7.53. The highest BCUT2D eigenvalue weighted by Gasteiger charge is 2.31. The van der Waals surface area contributed by atoms with E-state index in [0.29, 0.717) is 23.8 Å². The highest BCUT2D eigenvalue weighted by Crippen LogP contribution is 2.36. The summed E-state index contributed by atoms with van der Waals surface area (Å²) in [6.45, 7) is 7.56. The van der Waals surface area contributed by atoms with Crippen LogP contribution in [0.15, 0.2) is 41.3 Å². The maximum Gasteiger partial charge on any atom is 0.263 e. The van der Waals surface area contributed by atoms with Crippen molar-refractivity contribution in [2.45, 2.75) is 44.6 Å². The van der Waals surface area contributed by atoms with E-state index in [2.05, 4.69) is 20.0 Å². The van der Waals surface area contributed by atoms with Crippen molar-refractivity contribution >= 4 is 15.8 Å². The number of benzene rings is 1. The molecule has 0 aliphatic carbocycles. The van der Waals surface area contributed by atoms with Crippen LogP contribution in [0.3, 0.4) is 0 Å². The summed E-state index contributed by atoms with van der Waals surface area (Å²) in [5, 5.41) is 12.4. The second kappa shape index (κ2) is 6.30. The van der Waals surface area contributed by atoms with E-state index < -0.39 is 10.0 Å². The maximum atomic E-state index is 13.0. The highest BCUT2D eigenvalue weighted by atomic mass is 32.2. The van der Waals surface area contributed by atoms with E-state index in [9.17, 15) is 8.42 Å². The Balaban J connectivity index is 1.67. The van der Waals surface area contributed by atoms with Crippen LogP contribution >= 0.6 is 0 Å². The third kappa shape index (κ3) is 3.45. The van der Waals surface area contributed by atoms with Crippen LogP contribution in [0.25, 0.3) is 5.82 Å². The molecule has 1 aliphatic rings. The van der Waals surface area contributed by atoms with Gasteiger partial charge in [0.15, 0.2) is 5.82 Å². The number of rotatable bonds is 4. The first-order valence-corrected chi connectivity index (χ1v) is 10.3. The number of hydrogen-bond acceptors (Lipinski definition) is 6. The normalized spacial score (nSPS) is 15.1. The number of aryl methyl sites for hydroxylation is 2. The fourth-order valence-corrected chi connectivity index (χ4v) is 4.28. The first-order chi connectivity index (χ1) is 13.1. The maximum absolute atomic E-state index is 13.0. The Labute approximate surface area is 163 Å². The Bertz CT molecular complexity index is 1150. The number of sulfonamides is 1. The molecule has 0 spiro atoms. The van der Waals surface area contributed by atoms with Crippen molar-refractivity contribution in [3.63, 3.8) is 0 Å². The zero-order valence-corrected chi connectivity index (χ0v) is 16.9. The number of aromatic nitrogens is 4. The van der Waals surface area contributed by atoms with Crippen LogP contribution in [-0.2, 0) is 16.4 Å². The van der Waals surface area contributed by atoms with E-state index >= 15 is 0 Å². The predicted molar refractivity (Wildman–Crippen MR) is 104 cm³/mol. The summed E-state index contributed by atoms with van der Waals surface area (Å²) < 4.78 is 35.8. The molecule has 1 N–H and O–H groups in total. The summed E-state index contributed by atoms with van der Waals surface area (Å²) in [4.78, 5) is 0.174. The highest BCUT2D eigenvalue weighted by molar-refractivity contribution is 7.92. The molecule has 0 unspecified atom stereocenters. The Morgan fingerprint density at radius 2 is 1.86 bits per heavy atom. The fourth-order valence-electron chi connectivity index (χ4n) is 3.20. The quantitative estimate of drug-likeness (QED) is 0.724. The Hall–Kier alpha value is -2.94. The van der Waals surface area contributed by atoms with Crippen LogP contribution in [0.2, 0.25) is 0 Å². The van der Waals surface area contributed by atoms with Gasteiger partial charge < -0.3 is 4.74 Å². The average molecular weight is 399 g/mol. The minimum absolute atomic E-state index is 0.174. The zero-order valence-electron chi connectivity index (χ0n) is 16.1. The van der Waals surface area contributed by atoms with Gasteiger partial charge in [0.1, 0.15) is 17.2 Å². The van der Waals surface area contributed by atoms with Gasteiger partial charge in [0.25, 0.3) is 10.0 Å². The zero-order chi connectivity index (χ0) is 20.1. The van der Waals surface area contributed by atoms with E-state index in [1.165, 1.54) is 4.68 Å². The molecular formula is C19H21N5O3S. The summed E-state index contributed by atoms with van der Waals surface area (Å²) in [6, 6.07) is 10.1. The van der Waals surface area contributed by atoms with Gasteiger partial charge in [-0.2, -0.15) is 14.9 Å². The standard InChI is InChI=1S/C19H21N5O3S/c1-12-5-8-17(21-20-12)24-18(9-13(2)22-24)23-28(25,26)15-6-7-16-14(10-15)11-19(3,4)27-16/h5-10,23H,11H2,1-4H3. The molecule has 0 bridgehead atoms. The van der Waals surface area contributed by atoms with E-state index in [0.717, 1.165) is 17.0 Å². The van der Waals surface area contributed by atoms with Gasteiger partial charge in [-0.1, -0.05) is 0 Å². The van der Waals surface area contributed by atoms with Crippen molar-refractivity contribution in [3.8, 4) is 11.6 Å². The number of ether oxygens (including phenoxy) is 1. The van der Waals surface area contributed by atoms with Gasteiger partial charge in [0, 0.05) is 12.5 Å². The minimum Gasteiger partial charge on any atom is -0.487 e. The average Bonchev–Trinajstić information content (AvgIpc) is 3.11. The summed E-state index contributed by atoms with van der Waals surface area (Å²) >= 11 is 0. The molecule has 0 fully saturated rings. The molecule has 1 aliphatic heterocycles. The summed E-state index contributed by atoms with van der Waals surface area (Å²) in [5.74, 6) is 1.45. The summed E-state index contributed by atoms with van der Waals surface area (Å²) in [6.07, 6.45) is 0.654. The van der Waals surface area contributed by atoms with Crippen LogP contribution in [-0.4, -0.2) is 34.0 Å². The third-order valence-corrected chi connectivity index (χ3v) is 5.77. The van der Waals surface area contributed by atoms with Crippen molar-refractivity contribution in [3.05, 3.63) is 53.3 Å². The molecule has 9 heteroatoms. The van der Waals surface area contributed by atoms with Crippen molar-refractivity contribution < 1.29 is 13.2 Å². The van der Waals surface area contributed by atoms with E-state index in [4.69, 9.17) is 4.74 Å². The minimum atomic E-state index is -3.81. The molecule has 1 aromatic carbocycles. The first kappa shape index (κ1) is 18.4. The van der Waals surface area contributed by atoms with Crippen LogP contribution in [0.1, 0.15) is 30.8 Å². The molecule has 0 radical (unpaired) electrons. The predicted octanol–water partition coefficient (Wildman–Crippen LogP) is 2.79. The number of anilines is 1. The molecule has 146 valence electrons. The van der Waals surface area contributed by atoms with Gasteiger partial charge in [-0.15, -0.1) is 5.10 Å². The van der Waals surface area contributed by atoms with E-state index in [1.807, 2.05) is 20.8 Å². The van der Waals surface area contributed by atoms with E-state index in [-0.39, 0.29) is 10.5 Å². The van der Waals surface area contributed by atoms with Crippen molar-refractivity contribution in [2.24, 2.45) is 0 Å². The van der Waals surface area contributed by atoms with Gasteiger partial charge in [0.2, 0.25) is 0 Å². The fraction of sp³-hybridized carbons (Fsp3) is 0.316. The first-order valence-electron chi connectivity index (χ1n) is 8.85. The number of nitrogens with one attached hydrogen (secondary N) is 1. The van der Waals surface area contributed by atoms with Crippen LogP contribution in [0, 0.1) is 13.8 Å². The van der Waals surface area contributed by atoms with Gasteiger partial charge in [-0.25, -0.2) is 8.42 Å². The van der Waals surface area contributed by atoms with Gasteiger partial charge in [-0.3, -0.25) is 4.72 Å². The monoisotopic (exact) mass is 399 g/mol. The molecular weight excluding hydrogens is 378 g/mol. The Morgan fingerprint density at radius 1 is 1.07 bits per heavy atom. The SMILES string of the molecule is Cc1ccc(-n2nc(C)cc2NS(=O)(=O)c2ccc3c(c2)CC(C)(C)O3)nn1. The molecule has 4 rings (SSSR count). The number of nitrogens with zero attached hydrogens (tertiary/aromatic N) is 4. The van der Waals surface area contributed by atoms with Crippen LogP contribution < -0.4 is 9.46 Å². The van der Waals surface area contributed by atoms with Gasteiger partial charge in [-0.05, 0) is 63.6 Å². The van der Waals surface area contributed by atoms with Gasteiger partial charge >= 0.3 is 0 Å². The lowest BCUT2D eigenvalue weighted by atomic mass is 10.0. The van der Waals surface area contributed by atoms with Crippen molar-refractivity contribution in [1.29, 1.82) is 0 Å². The molecule has 3 heterocycles. The van der Waals surface area contributed by atoms with Gasteiger partial charge in [0.05, 0.1) is 16.3 Å². The molecule has 2 aromatic heterocycles. The Kier molecular flexibility index (Phi) is 4.15. The summed E-state index contributed by atoms with van der Waals surface area (Å²) in [7, 11) is -3.81. The van der Waals surface area contributed by atoms with Crippen LogP contribution in [0.4, 0.5) is 5.82 Å². The lowest BCUT2D eigenvalue weighted by Gasteiger charge is -2.16. The lowest BCUT2D eigenvalue weighted by Crippen LogP contribution is -2.24. The molecule has 0 saturated heterocycles. The Morgan fingerprint density at radius 3 is 2.57 bits per heavy atom. The molecule has 0 amide bonds. The van der Waals surface area contributed by atoms with E-state index in [1.54, 1.807) is 43.3 Å². The van der Waals surface area contributed by atoms with Crippen molar-refractivity contribution in [1.82, 2.24) is 20.0 Å². The lowest BCUT2D eigenvalue weighted by molar-refractivity contribution is 0.138. The number of fused-ring (bicyclic) bond motifs is 1.